The Labute approximate surface area is 184 Å². The van der Waals surface area contributed by atoms with Gasteiger partial charge < -0.3 is 4.42 Å². The van der Waals surface area contributed by atoms with Crippen LogP contribution in [-0.4, -0.2) is 13.4 Å². The summed E-state index contributed by atoms with van der Waals surface area (Å²) in [6.45, 7) is 0. The molecule has 0 aliphatic carbocycles. The first-order valence-electron chi connectivity index (χ1n) is 10.0. The first kappa shape index (κ1) is 20.2. The topological polar surface area (TPSA) is 60.2 Å². The highest BCUT2D eigenvalue weighted by Gasteiger charge is 2.28. The van der Waals surface area contributed by atoms with Crippen LogP contribution in [0.5, 0.6) is 0 Å². The van der Waals surface area contributed by atoms with E-state index >= 15 is 0 Å². The molecular formula is C26H18FNO3S. The molecule has 4 nitrogen and oxygen atoms in total. The second-order valence-electron chi connectivity index (χ2n) is 7.43. The van der Waals surface area contributed by atoms with E-state index in [4.69, 9.17) is 4.42 Å². The summed E-state index contributed by atoms with van der Waals surface area (Å²) in [5.74, 6) is -0.336. The Hall–Kier alpha value is -3.77. The average molecular weight is 443 g/mol. The lowest BCUT2D eigenvalue weighted by atomic mass is 10.0. The molecule has 1 aromatic heterocycles. The molecule has 0 saturated carbocycles. The Morgan fingerprint density at radius 1 is 0.781 bits per heavy atom. The minimum atomic E-state index is -3.84. The second kappa shape index (κ2) is 8.05. The maximum Gasteiger partial charge on any atom is 0.228 e. The molecule has 0 N–H and O–H groups in total. The largest absolute Gasteiger partial charge is 0.435 e. The molecule has 0 aliphatic heterocycles. The van der Waals surface area contributed by atoms with E-state index in [9.17, 15) is 12.8 Å². The Balaban J connectivity index is 1.70. The van der Waals surface area contributed by atoms with Crippen LogP contribution in [0.3, 0.4) is 0 Å². The first-order chi connectivity index (χ1) is 15.5. The molecule has 5 aromatic rings. The molecule has 0 fully saturated rings. The van der Waals surface area contributed by atoms with Crippen molar-refractivity contribution in [2.24, 2.45) is 0 Å². The summed E-state index contributed by atoms with van der Waals surface area (Å²) in [5, 5.41) is 1.73. The fourth-order valence-corrected chi connectivity index (χ4v) is 5.12. The standard InChI is InChI=1S/C26H18FNO3S/c27-21-15-13-20(14-16-21)24-26(32(29,30)17-18-7-2-1-3-8-18)28-25(31-24)23-12-6-10-19-9-4-5-11-22(19)23/h1-16H,17H2. The van der Waals surface area contributed by atoms with E-state index in [0.29, 0.717) is 16.7 Å². The van der Waals surface area contributed by atoms with Gasteiger partial charge in [-0.25, -0.2) is 12.8 Å². The molecule has 6 heteroatoms. The highest BCUT2D eigenvalue weighted by Crippen LogP contribution is 2.36. The van der Waals surface area contributed by atoms with Gasteiger partial charge in [0.25, 0.3) is 0 Å². The lowest BCUT2D eigenvalue weighted by Crippen LogP contribution is -2.07. The van der Waals surface area contributed by atoms with Gasteiger partial charge in [0.1, 0.15) is 5.82 Å². The van der Waals surface area contributed by atoms with Gasteiger partial charge >= 0.3 is 0 Å². The molecule has 0 bridgehead atoms. The van der Waals surface area contributed by atoms with Gasteiger partial charge in [0.15, 0.2) is 5.76 Å². The third kappa shape index (κ3) is 3.81. The van der Waals surface area contributed by atoms with Crippen molar-refractivity contribution in [2.75, 3.05) is 0 Å². The van der Waals surface area contributed by atoms with Gasteiger partial charge in [-0.2, -0.15) is 4.98 Å². The number of aromatic nitrogens is 1. The Kier molecular flexibility index (Phi) is 5.07. The van der Waals surface area contributed by atoms with E-state index in [0.717, 1.165) is 10.8 Å². The van der Waals surface area contributed by atoms with Crippen LogP contribution in [0.15, 0.2) is 107 Å². The van der Waals surface area contributed by atoms with E-state index in [2.05, 4.69) is 4.98 Å². The molecule has 0 amide bonds. The zero-order chi connectivity index (χ0) is 22.1. The van der Waals surface area contributed by atoms with Gasteiger partial charge in [-0.05, 0) is 46.7 Å². The van der Waals surface area contributed by atoms with Crippen LogP contribution >= 0.6 is 0 Å². The van der Waals surface area contributed by atoms with Crippen LogP contribution in [0.2, 0.25) is 0 Å². The molecule has 32 heavy (non-hydrogen) atoms. The maximum absolute atomic E-state index is 13.5. The van der Waals surface area contributed by atoms with E-state index in [1.165, 1.54) is 24.3 Å². The van der Waals surface area contributed by atoms with Crippen LogP contribution in [-0.2, 0) is 15.6 Å². The smallest absolute Gasteiger partial charge is 0.228 e. The average Bonchev–Trinajstić information content (AvgIpc) is 3.26. The predicted molar refractivity (Wildman–Crippen MR) is 122 cm³/mol. The van der Waals surface area contributed by atoms with Crippen molar-refractivity contribution in [2.45, 2.75) is 10.8 Å². The minimum Gasteiger partial charge on any atom is -0.435 e. The second-order valence-corrected chi connectivity index (χ2v) is 9.34. The van der Waals surface area contributed by atoms with Crippen molar-refractivity contribution in [1.82, 2.24) is 4.98 Å². The number of benzene rings is 4. The molecule has 5 rings (SSSR count). The number of fused-ring (bicyclic) bond motifs is 1. The van der Waals surface area contributed by atoms with Crippen LogP contribution in [0.4, 0.5) is 4.39 Å². The van der Waals surface area contributed by atoms with E-state index in [-0.39, 0.29) is 22.4 Å². The highest BCUT2D eigenvalue weighted by atomic mass is 32.2. The fraction of sp³-hybridized carbons (Fsp3) is 0.0385. The zero-order valence-corrected chi connectivity index (χ0v) is 17.7. The van der Waals surface area contributed by atoms with Gasteiger partial charge in [-0.3, -0.25) is 0 Å². The normalized spacial score (nSPS) is 11.7. The predicted octanol–water partition coefficient (Wildman–Crippen LogP) is 6.27. The Bertz CT molecular complexity index is 1500. The Morgan fingerprint density at radius 2 is 1.47 bits per heavy atom. The lowest BCUT2D eigenvalue weighted by Gasteiger charge is -2.04. The number of sulfone groups is 1. The number of hydrogen-bond donors (Lipinski definition) is 0. The van der Waals surface area contributed by atoms with E-state index in [1.54, 1.807) is 24.3 Å². The monoisotopic (exact) mass is 443 g/mol. The summed E-state index contributed by atoms with van der Waals surface area (Å²) in [7, 11) is -3.84. The maximum atomic E-state index is 13.5. The van der Waals surface area contributed by atoms with Crippen LogP contribution in [0.25, 0.3) is 33.6 Å². The molecule has 0 saturated heterocycles. The molecule has 0 radical (unpaired) electrons. The zero-order valence-electron chi connectivity index (χ0n) is 16.9. The summed E-state index contributed by atoms with van der Waals surface area (Å²) in [4.78, 5) is 4.45. The highest BCUT2D eigenvalue weighted by molar-refractivity contribution is 7.90. The number of hydrogen-bond acceptors (Lipinski definition) is 4. The van der Waals surface area contributed by atoms with Crippen LogP contribution in [0.1, 0.15) is 5.56 Å². The van der Waals surface area contributed by atoms with Gasteiger partial charge in [-0.15, -0.1) is 0 Å². The van der Waals surface area contributed by atoms with E-state index < -0.39 is 15.7 Å². The van der Waals surface area contributed by atoms with Crippen molar-refractivity contribution >= 4 is 20.6 Å². The van der Waals surface area contributed by atoms with Gasteiger partial charge in [0.2, 0.25) is 20.8 Å². The Morgan fingerprint density at radius 3 is 2.25 bits per heavy atom. The number of oxazole rings is 1. The molecule has 0 spiro atoms. The van der Waals surface area contributed by atoms with Crippen molar-refractivity contribution in [3.8, 4) is 22.8 Å². The lowest BCUT2D eigenvalue weighted by molar-refractivity contribution is 0.579. The van der Waals surface area contributed by atoms with Crippen molar-refractivity contribution in [1.29, 1.82) is 0 Å². The molecule has 4 aromatic carbocycles. The quantitative estimate of drug-likeness (QED) is 0.321. The van der Waals surface area contributed by atoms with Gasteiger partial charge in [0, 0.05) is 11.1 Å². The fourth-order valence-electron chi connectivity index (χ4n) is 3.69. The van der Waals surface area contributed by atoms with Crippen LogP contribution < -0.4 is 0 Å². The first-order valence-corrected chi connectivity index (χ1v) is 11.7. The molecule has 0 aliphatic rings. The molecule has 0 atom stereocenters. The summed E-state index contributed by atoms with van der Waals surface area (Å²) in [6, 6.07) is 27.8. The van der Waals surface area contributed by atoms with Gasteiger partial charge in [-0.1, -0.05) is 66.7 Å². The van der Waals surface area contributed by atoms with Crippen molar-refractivity contribution < 1.29 is 17.2 Å². The van der Waals surface area contributed by atoms with Crippen molar-refractivity contribution in [3.63, 3.8) is 0 Å². The summed E-state index contributed by atoms with van der Waals surface area (Å²) < 4.78 is 46.3. The third-order valence-corrected chi connectivity index (χ3v) is 6.80. The summed E-state index contributed by atoms with van der Waals surface area (Å²) in [6.07, 6.45) is 0. The van der Waals surface area contributed by atoms with Crippen molar-refractivity contribution in [3.05, 3.63) is 108 Å². The number of nitrogens with zero attached hydrogens (tertiary/aromatic N) is 1. The van der Waals surface area contributed by atoms with Crippen LogP contribution in [0, 0.1) is 5.82 Å². The minimum absolute atomic E-state index is 0.101. The summed E-state index contributed by atoms with van der Waals surface area (Å²) >= 11 is 0. The molecule has 158 valence electrons. The number of halogens is 1. The molecular weight excluding hydrogens is 425 g/mol. The molecule has 0 unspecified atom stereocenters. The molecule has 1 heterocycles. The number of rotatable bonds is 5. The SMILES string of the molecule is O=S(=O)(Cc1ccccc1)c1nc(-c2cccc3ccccc23)oc1-c1ccc(F)cc1. The third-order valence-electron chi connectivity index (χ3n) is 5.22. The van der Waals surface area contributed by atoms with Gasteiger partial charge in [0.05, 0.1) is 5.75 Å². The summed E-state index contributed by atoms with van der Waals surface area (Å²) in [5.41, 5.74) is 1.77. The van der Waals surface area contributed by atoms with E-state index in [1.807, 2.05) is 48.5 Å².